The van der Waals surface area contributed by atoms with Crippen molar-refractivity contribution in [2.24, 2.45) is 0 Å². The van der Waals surface area contributed by atoms with Crippen LogP contribution in [0.15, 0.2) is 54.7 Å². The van der Waals surface area contributed by atoms with E-state index >= 15 is 0 Å². The topological polar surface area (TPSA) is 125 Å². The van der Waals surface area contributed by atoms with Gasteiger partial charge >= 0.3 is 0 Å². The minimum absolute atomic E-state index is 0.359. The van der Waals surface area contributed by atoms with Crippen LogP contribution in [0.25, 0.3) is 11.0 Å². The first kappa shape index (κ1) is 26.6. The third-order valence-corrected chi connectivity index (χ3v) is 7.84. The average molecular weight is 552 g/mol. The van der Waals surface area contributed by atoms with Gasteiger partial charge in [-0.15, -0.1) is 0 Å². The Labute approximate surface area is 228 Å². The van der Waals surface area contributed by atoms with E-state index in [-0.39, 0.29) is 0 Å². The number of benzene rings is 2. The second-order valence-corrected chi connectivity index (χ2v) is 11.1. The first-order valence-corrected chi connectivity index (χ1v) is 14.6. The van der Waals surface area contributed by atoms with Gasteiger partial charge in [-0.05, 0) is 42.8 Å². The number of anilines is 5. The van der Waals surface area contributed by atoms with E-state index in [0.29, 0.717) is 55.2 Å². The summed E-state index contributed by atoms with van der Waals surface area (Å²) in [7, 11) is -1.72. The van der Waals surface area contributed by atoms with Crippen molar-refractivity contribution < 1.29 is 17.9 Å². The molecule has 4 aromatic rings. The maximum Gasteiger partial charge on any atom is 0.232 e. The van der Waals surface area contributed by atoms with Gasteiger partial charge in [-0.1, -0.05) is 12.1 Å². The molecule has 0 bridgehead atoms. The van der Waals surface area contributed by atoms with E-state index in [1.165, 1.54) is 10.6 Å². The van der Waals surface area contributed by atoms with Crippen molar-refractivity contribution in [3.8, 4) is 5.75 Å². The van der Waals surface area contributed by atoms with Crippen LogP contribution in [0.3, 0.4) is 0 Å². The summed E-state index contributed by atoms with van der Waals surface area (Å²) in [6.45, 7) is 5.72. The van der Waals surface area contributed by atoms with Gasteiger partial charge < -0.3 is 30.0 Å². The highest BCUT2D eigenvalue weighted by Gasteiger charge is 2.17. The fraction of sp³-hybridized carbons (Fsp3) is 0.333. The summed E-state index contributed by atoms with van der Waals surface area (Å²) in [5.74, 6) is 1.74. The third kappa shape index (κ3) is 6.02. The van der Waals surface area contributed by atoms with Crippen LogP contribution in [0.1, 0.15) is 12.5 Å². The number of fused-ring (bicyclic) bond motifs is 1. The number of hydrogen-bond acceptors (Lipinski definition) is 9. The summed E-state index contributed by atoms with van der Waals surface area (Å²) in [5.41, 5.74) is 4.06. The number of ether oxygens (including phenoxy) is 2. The number of aromatic nitrogens is 3. The lowest BCUT2D eigenvalue weighted by Gasteiger charge is -2.29. The molecule has 2 aromatic heterocycles. The van der Waals surface area contributed by atoms with E-state index in [1.807, 2.05) is 55.6 Å². The number of nitrogens with zero attached hydrogens (tertiary/aromatic N) is 4. The number of aromatic amines is 1. The van der Waals surface area contributed by atoms with Crippen molar-refractivity contribution in [3.63, 3.8) is 0 Å². The van der Waals surface area contributed by atoms with Crippen molar-refractivity contribution in [1.29, 1.82) is 0 Å². The van der Waals surface area contributed by atoms with Crippen LogP contribution >= 0.6 is 0 Å². The number of nitrogens with one attached hydrogen (secondary N) is 3. The molecule has 5 rings (SSSR count). The van der Waals surface area contributed by atoms with E-state index in [2.05, 4.69) is 25.5 Å². The Morgan fingerprint density at radius 3 is 2.69 bits per heavy atom. The van der Waals surface area contributed by atoms with Crippen LogP contribution in [0, 0.1) is 0 Å². The first-order chi connectivity index (χ1) is 18.9. The molecule has 1 saturated heterocycles. The maximum atomic E-state index is 12.2. The fourth-order valence-corrected chi connectivity index (χ4v) is 5.64. The van der Waals surface area contributed by atoms with Crippen molar-refractivity contribution in [3.05, 3.63) is 60.3 Å². The fourth-order valence-electron chi connectivity index (χ4n) is 4.67. The zero-order chi connectivity index (χ0) is 27.4. The number of H-pyrrole nitrogens is 1. The smallest absolute Gasteiger partial charge is 0.232 e. The highest BCUT2D eigenvalue weighted by Crippen LogP contribution is 2.33. The van der Waals surface area contributed by atoms with Crippen LogP contribution in [0.4, 0.5) is 28.8 Å². The SMILES string of the molecule is CCN(c1cccc(CNc2nc(Nc3ccc(N4CCOCC4)cc3OC)nc3[nH]ccc23)c1)S(C)(=O)=O. The van der Waals surface area contributed by atoms with Crippen LogP contribution in [-0.2, 0) is 21.3 Å². The monoisotopic (exact) mass is 551 g/mol. The van der Waals surface area contributed by atoms with E-state index in [1.54, 1.807) is 13.2 Å². The van der Waals surface area contributed by atoms with Gasteiger partial charge in [0.25, 0.3) is 0 Å². The van der Waals surface area contributed by atoms with Crippen LogP contribution in [0.2, 0.25) is 0 Å². The Balaban J connectivity index is 1.37. The van der Waals surface area contributed by atoms with Crippen molar-refractivity contribution >= 4 is 49.9 Å². The molecule has 11 nitrogen and oxygen atoms in total. The molecular formula is C27H33N7O4S. The van der Waals surface area contributed by atoms with Crippen molar-refractivity contribution in [2.45, 2.75) is 13.5 Å². The van der Waals surface area contributed by atoms with Crippen LogP contribution in [-0.4, -0.2) is 69.6 Å². The Morgan fingerprint density at radius 1 is 1.13 bits per heavy atom. The Hall–Kier alpha value is -4.03. The van der Waals surface area contributed by atoms with E-state index in [4.69, 9.17) is 14.5 Å². The zero-order valence-corrected chi connectivity index (χ0v) is 23.1. The lowest BCUT2D eigenvalue weighted by Crippen LogP contribution is -2.36. The predicted molar refractivity (Wildman–Crippen MR) is 155 cm³/mol. The molecule has 3 heterocycles. The van der Waals surface area contributed by atoms with Crippen LogP contribution in [0.5, 0.6) is 5.75 Å². The lowest BCUT2D eigenvalue weighted by molar-refractivity contribution is 0.122. The number of rotatable bonds is 10. The molecule has 39 heavy (non-hydrogen) atoms. The highest BCUT2D eigenvalue weighted by atomic mass is 32.2. The molecule has 12 heteroatoms. The second-order valence-electron chi connectivity index (χ2n) is 9.20. The van der Waals surface area contributed by atoms with Gasteiger partial charge in [0.2, 0.25) is 16.0 Å². The quantitative estimate of drug-likeness (QED) is 0.269. The molecule has 0 atom stereocenters. The molecular weight excluding hydrogens is 518 g/mol. The van der Waals surface area contributed by atoms with Gasteiger partial charge in [-0.25, -0.2) is 8.42 Å². The summed E-state index contributed by atoms with van der Waals surface area (Å²) < 4.78 is 36.9. The van der Waals surface area contributed by atoms with Gasteiger partial charge in [0.05, 0.1) is 43.3 Å². The van der Waals surface area contributed by atoms with Gasteiger partial charge in [0.1, 0.15) is 17.2 Å². The Bertz CT molecular complexity index is 1550. The standard InChI is InChI=1S/C27H33N7O4S/c1-4-34(39(3,35)36)21-7-5-6-19(16-21)18-29-26-22-10-11-28-25(22)31-27(32-26)30-23-9-8-20(17-24(23)37-2)33-12-14-38-15-13-33/h5-11,16-17H,4,12-15,18H2,1-3H3,(H3,28,29,30,31,32). The van der Waals surface area contributed by atoms with Gasteiger partial charge in [0.15, 0.2) is 0 Å². The molecule has 1 fully saturated rings. The highest BCUT2D eigenvalue weighted by molar-refractivity contribution is 7.92. The third-order valence-electron chi connectivity index (χ3n) is 6.57. The summed E-state index contributed by atoms with van der Waals surface area (Å²) >= 11 is 0. The van der Waals surface area contributed by atoms with E-state index < -0.39 is 10.0 Å². The Morgan fingerprint density at radius 2 is 1.95 bits per heavy atom. The largest absolute Gasteiger partial charge is 0.494 e. The molecule has 0 saturated carbocycles. The number of morpholine rings is 1. The molecule has 3 N–H and O–H groups in total. The van der Waals surface area contributed by atoms with Crippen molar-refractivity contribution in [2.75, 3.05) is 66.1 Å². The van der Waals surface area contributed by atoms with E-state index in [0.717, 1.165) is 35.4 Å². The summed E-state index contributed by atoms with van der Waals surface area (Å²) in [6.07, 6.45) is 3.03. The van der Waals surface area contributed by atoms with Crippen LogP contribution < -0.4 is 24.6 Å². The predicted octanol–water partition coefficient (Wildman–Crippen LogP) is 3.94. The Kier molecular flexibility index (Phi) is 7.75. The summed E-state index contributed by atoms with van der Waals surface area (Å²) in [5, 5.41) is 7.53. The number of hydrogen-bond donors (Lipinski definition) is 3. The maximum absolute atomic E-state index is 12.2. The zero-order valence-electron chi connectivity index (χ0n) is 22.3. The molecule has 2 aromatic carbocycles. The summed E-state index contributed by atoms with van der Waals surface area (Å²) in [4.78, 5) is 14.8. The number of sulfonamides is 1. The second kappa shape index (κ2) is 11.4. The van der Waals surface area contributed by atoms with Crippen molar-refractivity contribution in [1.82, 2.24) is 15.0 Å². The first-order valence-electron chi connectivity index (χ1n) is 12.8. The van der Waals surface area contributed by atoms with Gasteiger partial charge in [-0.3, -0.25) is 4.31 Å². The molecule has 1 aliphatic heterocycles. The average Bonchev–Trinajstić information content (AvgIpc) is 3.41. The molecule has 0 amide bonds. The summed E-state index contributed by atoms with van der Waals surface area (Å²) in [6, 6.07) is 15.4. The van der Waals surface area contributed by atoms with Gasteiger partial charge in [-0.2, -0.15) is 9.97 Å². The molecule has 0 aliphatic carbocycles. The minimum Gasteiger partial charge on any atom is -0.494 e. The molecule has 0 spiro atoms. The molecule has 0 unspecified atom stereocenters. The van der Waals surface area contributed by atoms with E-state index in [9.17, 15) is 8.42 Å². The number of methoxy groups -OCH3 is 1. The minimum atomic E-state index is -3.36. The molecule has 0 radical (unpaired) electrons. The lowest BCUT2D eigenvalue weighted by atomic mass is 10.2. The molecule has 206 valence electrons. The van der Waals surface area contributed by atoms with Gasteiger partial charge in [0, 0.05) is 44.1 Å². The molecule has 1 aliphatic rings. The normalized spacial score (nSPS) is 13.9.